The fourth-order valence-electron chi connectivity index (χ4n) is 9.21. The molecular weight excluding hydrogens is 667 g/mol. The Morgan fingerprint density at radius 3 is 1.51 bits per heavy atom. The molecular formula is C52H35N3. The van der Waals surface area contributed by atoms with Gasteiger partial charge in [0.1, 0.15) is 0 Å². The van der Waals surface area contributed by atoms with E-state index in [1.807, 2.05) is 36.4 Å². The fraction of sp³-hybridized carbons (Fsp3) is 0.0577. The molecule has 0 aliphatic heterocycles. The van der Waals surface area contributed by atoms with Gasteiger partial charge in [-0.25, -0.2) is 15.0 Å². The summed E-state index contributed by atoms with van der Waals surface area (Å²) in [6, 6.07) is 63.1. The highest BCUT2D eigenvalue weighted by Crippen LogP contribution is 2.63. The summed E-state index contributed by atoms with van der Waals surface area (Å²) in [7, 11) is 0. The van der Waals surface area contributed by atoms with Gasteiger partial charge in [-0.05, 0) is 104 Å². The Kier molecular flexibility index (Phi) is 7.21. The molecule has 3 heteroatoms. The van der Waals surface area contributed by atoms with Crippen LogP contribution in [0.1, 0.15) is 35.1 Å². The van der Waals surface area contributed by atoms with Gasteiger partial charge in [0, 0.05) is 16.7 Å². The van der Waals surface area contributed by atoms with Crippen molar-refractivity contribution >= 4 is 5.57 Å². The van der Waals surface area contributed by atoms with Crippen LogP contribution < -0.4 is 0 Å². The van der Waals surface area contributed by atoms with E-state index in [0.29, 0.717) is 17.5 Å². The van der Waals surface area contributed by atoms with Gasteiger partial charge >= 0.3 is 0 Å². The molecule has 11 rings (SSSR count). The minimum atomic E-state index is -0.367. The van der Waals surface area contributed by atoms with Crippen molar-refractivity contribution in [1.82, 2.24) is 15.0 Å². The third-order valence-corrected chi connectivity index (χ3v) is 11.6. The molecule has 3 aliphatic carbocycles. The summed E-state index contributed by atoms with van der Waals surface area (Å²) in [5.74, 6) is 1.94. The van der Waals surface area contributed by atoms with Crippen LogP contribution in [0.4, 0.5) is 0 Å². The topological polar surface area (TPSA) is 38.7 Å². The zero-order chi connectivity index (χ0) is 36.3. The Morgan fingerprint density at radius 1 is 0.364 bits per heavy atom. The molecule has 1 spiro atoms. The molecule has 3 nitrogen and oxygen atoms in total. The first-order chi connectivity index (χ1) is 27.3. The van der Waals surface area contributed by atoms with Crippen LogP contribution in [0.3, 0.4) is 0 Å². The number of aromatic nitrogens is 3. The molecule has 0 N–H and O–H groups in total. The monoisotopic (exact) mass is 701 g/mol. The van der Waals surface area contributed by atoms with Crippen LogP contribution in [0.15, 0.2) is 194 Å². The van der Waals surface area contributed by atoms with Crippen LogP contribution in [0.25, 0.3) is 73.1 Å². The predicted molar refractivity (Wildman–Crippen MR) is 224 cm³/mol. The molecule has 1 heterocycles. The van der Waals surface area contributed by atoms with E-state index in [-0.39, 0.29) is 5.41 Å². The summed E-state index contributed by atoms with van der Waals surface area (Å²) < 4.78 is 0. The van der Waals surface area contributed by atoms with E-state index >= 15 is 0 Å². The second-order valence-corrected chi connectivity index (χ2v) is 14.6. The number of hydrogen-bond acceptors (Lipinski definition) is 3. The van der Waals surface area contributed by atoms with Crippen LogP contribution in [0, 0.1) is 0 Å². The molecule has 1 unspecified atom stereocenters. The van der Waals surface area contributed by atoms with Gasteiger partial charge < -0.3 is 0 Å². The van der Waals surface area contributed by atoms with Crippen LogP contribution in [0.5, 0.6) is 0 Å². The van der Waals surface area contributed by atoms with Crippen molar-refractivity contribution in [3.8, 4) is 67.5 Å². The van der Waals surface area contributed by atoms with Gasteiger partial charge in [-0.3, -0.25) is 0 Å². The summed E-state index contributed by atoms with van der Waals surface area (Å²) in [5.41, 5.74) is 18.0. The van der Waals surface area contributed by atoms with Crippen molar-refractivity contribution in [2.75, 3.05) is 0 Å². The van der Waals surface area contributed by atoms with Crippen LogP contribution in [-0.2, 0) is 5.41 Å². The minimum Gasteiger partial charge on any atom is -0.208 e. The smallest absolute Gasteiger partial charge is 0.164 e. The van der Waals surface area contributed by atoms with Gasteiger partial charge in [0.15, 0.2) is 17.5 Å². The molecule has 8 aromatic rings. The molecule has 0 saturated carbocycles. The van der Waals surface area contributed by atoms with Crippen molar-refractivity contribution in [2.45, 2.75) is 18.3 Å². The van der Waals surface area contributed by atoms with Gasteiger partial charge in [0.2, 0.25) is 0 Å². The highest BCUT2D eigenvalue weighted by molar-refractivity contribution is 5.97. The predicted octanol–water partition coefficient (Wildman–Crippen LogP) is 12.6. The molecule has 0 saturated heterocycles. The molecule has 1 aromatic heterocycles. The van der Waals surface area contributed by atoms with E-state index < -0.39 is 0 Å². The Balaban J connectivity index is 1.15. The van der Waals surface area contributed by atoms with E-state index in [1.54, 1.807) is 0 Å². The second-order valence-electron chi connectivity index (χ2n) is 14.6. The van der Waals surface area contributed by atoms with E-state index in [2.05, 4.69) is 152 Å². The summed E-state index contributed by atoms with van der Waals surface area (Å²) in [6.07, 6.45) is 6.92. The van der Waals surface area contributed by atoms with E-state index in [0.717, 1.165) is 51.8 Å². The van der Waals surface area contributed by atoms with Crippen LogP contribution in [0.2, 0.25) is 0 Å². The quantitative estimate of drug-likeness (QED) is 0.179. The number of allylic oxidation sites excluding steroid dienone is 4. The second kappa shape index (κ2) is 12.6. The van der Waals surface area contributed by atoms with Gasteiger partial charge in [-0.2, -0.15) is 0 Å². The van der Waals surface area contributed by atoms with Crippen molar-refractivity contribution < 1.29 is 0 Å². The average molecular weight is 702 g/mol. The maximum atomic E-state index is 5.15. The zero-order valence-electron chi connectivity index (χ0n) is 30.2. The first-order valence-electron chi connectivity index (χ1n) is 19.1. The number of benzene rings is 7. The van der Waals surface area contributed by atoms with Crippen molar-refractivity contribution in [3.63, 3.8) is 0 Å². The highest BCUT2D eigenvalue weighted by Gasteiger charge is 2.52. The summed E-state index contributed by atoms with van der Waals surface area (Å²) >= 11 is 0. The Morgan fingerprint density at radius 2 is 0.855 bits per heavy atom. The van der Waals surface area contributed by atoms with Crippen molar-refractivity contribution in [2.24, 2.45) is 0 Å². The number of fused-ring (bicyclic) bond motifs is 9. The van der Waals surface area contributed by atoms with Gasteiger partial charge in [0.05, 0.1) is 5.41 Å². The zero-order valence-corrected chi connectivity index (χ0v) is 30.2. The van der Waals surface area contributed by atoms with Crippen molar-refractivity contribution in [1.29, 1.82) is 0 Å². The molecule has 258 valence electrons. The van der Waals surface area contributed by atoms with Crippen LogP contribution in [-0.4, -0.2) is 15.0 Å². The van der Waals surface area contributed by atoms with Gasteiger partial charge in [0.25, 0.3) is 0 Å². The first kappa shape index (κ1) is 31.5. The summed E-state index contributed by atoms with van der Waals surface area (Å²) in [5, 5.41) is 0. The van der Waals surface area contributed by atoms with Crippen LogP contribution >= 0.6 is 0 Å². The fourth-order valence-corrected chi connectivity index (χ4v) is 9.21. The van der Waals surface area contributed by atoms with Gasteiger partial charge in [-0.1, -0.05) is 164 Å². The van der Waals surface area contributed by atoms with E-state index in [4.69, 9.17) is 15.0 Å². The third-order valence-electron chi connectivity index (χ3n) is 11.6. The Hall–Kier alpha value is -6.97. The van der Waals surface area contributed by atoms with Gasteiger partial charge in [-0.15, -0.1) is 0 Å². The SMILES string of the molecule is C1=CC2=C(CC1)c1ccccc1C21c2ccccc2-c2ccc(-c3cc(-c4ccccc4)cc(-c4nc(-c5ccccc5)nc(-c5ccccc5)n4)c3)cc21. The standard InChI is InChI=1S/C52H35N3/c1-4-16-34(17-5-1)38-30-39(32-40(31-38)51-54-49(35-18-6-2-7-19-35)53-50(55-51)36-20-8-3-9-21-36)37-28-29-44-43-24-12-15-27-47(43)52(48(44)33-37)45-25-13-10-22-41(45)42-23-11-14-26-46(42)52/h1-10,12-22,24-33H,11,23H2. The Bertz CT molecular complexity index is 2800. The molecule has 7 aromatic carbocycles. The molecule has 0 fully saturated rings. The normalized spacial score (nSPS) is 16.1. The molecule has 1 atom stereocenters. The largest absolute Gasteiger partial charge is 0.208 e. The molecule has 3 aliphatic rings. The Labute approximate surface area is 321 Å². The lowest BCUT2D eigenvalue weighted by Crippen LogP contribution is -2.27. The molecule has 0 radical (unpaired) electrons. The molecule has 0 bridgehead atoms. The lowest BCUT2D eigenvalue weighted by molar-refractivity contribution is 0.781. The van der Waals surface area contributed by atoms with Crippen molar-refractivity contribution in [3.05, 3.63) is 216 Å². The maximum absolute atomic E-state index is 5.15. The lowest BCUT2D eigenvalue weighted by Gasteiger charge is -2.32. The first-order valence-corrected chi connectivity index (χ1v) is 19.1. The number of nitrogens with zero attached hydrogens (tertiary/aromatic N) is 3. The van der Waals surface area contributed by atoms with E-state index in [9.17, 15) is 0 Å². The maximum Gasteiger partial charge on any atom is 0.164 e. The third kappa shape index (κ3) is 4.93. The summed E-state index contributed by atoms with van der Waals surface area (Å²) in [6.45, 7) is 0. The summed E-state index contributed by atoms with van der Waals surface area (Å²) in [4.78, 5) is 15.3. The lowest BCUT2D eigenvalue weighted by atomic mass is 9.68. The average Bonchev–Trinajstić information content (AvgIpc) is 3.74. The number of rotatable bonds is 5. The molecule has 0 amide bonds. The number of hydrogen-bond donors (Lipinski definition) is 0. The van der Waals surface area contributed by atoms with E-state index in [1.165, 1.54) is 44.5 Å². The highest BCUT2D eigenvalue weighted by atomic mass is 15.0. The molecule has 55 heavy (non-hydrogen) atoms. The minimum absolute atomic E-state index is 0.367.